The number of imidazole rings is 1. The summed E-state index contributed by atoms with van der Waals surface area (Å²) in [5, 5.41) is 3.67. The minimum Gasteiger partial charge on any atom is -0.454 e. The number of fused-ring (bicyclic) bond motifs is 2. The Morgan fingerprint density at radius 2 is 2.04 bits per heavy atom. The van der Waals surface area contributed by atoms with Gasteiger partial charge in [-0.1, -0.05) is 12.8 Å². The van der Waals surface area contributed by atoms with Gasteiger partial charge in [-0.2, -0.15) is 0 Å². The minimum atomic E-state index is 0.190. The molecule has 6 nitrogen and oxygen atoms in total. The van der Waals surface area contributed by atoms with E-state index in [1.54, 1.807) is 0 Å². The van der Waals surface area contributed by atoms with Gasteiger partial charge in [-0.3, -0.25) is 0 Å². The van der Waals surface area contributed by atoms with Crippen LogP contribution >= 0.6 is 0 Å². The first-order valence-electron chi connectivity index (χ1n) is 9.16. The minimum absolute atomic E-state index is 0.190. The summed E-state index contributed by atoms with van der Waals surface area (Å²) in [4.78, 5) is 4.54. The zero-order valence-corrected chi connectivity index (χ0v) is 14.2. The van der Waals surface area contributed by atoms with Crippen molar-refractivity contribution in [2.45, 2.75) is 51.0 Å². The molecule has 2 aromatic rings. The Kier molecular flexibility index (Phi) is 3.87. The van der Waals surface area contributed by atoms with Crippen LogP contribution in [-0.4, -0.2) is 35.0 Å². The Morgan fingerprint density at radius 3 is 2.96 bits per heavy atom. The molecule has 6 heteroatoms. The third-order valence-corrected chi connectivity index (χ3v) is 5.43. The highest BCUT2D eigenvalue weighted by atomic mass is 16.7. The fourth-order valence-electron chi connectivity index (χ4n) is 4.02. The van der Waals surface area contributed by atoms with Crippen LogP contribution in [0.1, 0.15) is 31.5 Å². The summed E-state index contributed by atoms with van der Waals surface area (Å²) in [6.07, 6.45) is 7.42. The molecule has 0 bridgehead atoms. The smallest absolute Gasteiger partial charge is 0.231 e. The van der Waals surface area contributed by atoms with Crippen LogP contribution in [0.25, 0.3) is 11.3 Å². The van der Waals surface area contributed by atoms with Gasteiger partial charge in [-0.25, -0.2) is 4.98 Å². The average molecular weight is 341 g/mol. The number of aromatic nitrogens is 2. The third-order valence-electron chi connectivity index (χ3n) is 5.43. The number of rotatable bonds is 4. The third kappa shape index (κ3) is 2.89. The molecular formula is C19H23N3O3. The lowest BCUT2D eigenvalue weighted by molar-refractivity contribution is 0.00206. The predicted octanol–water partition coefficient (Wildman–Crippen LogP) is 2.71. The lowest BCUT2D eigenvalue weighted by Gasteiger charge is -2.27. The molecule has 5 rings (SSSR count). The monoisotopic (exact) mass is 341 g/mol. The summed E-state index contributed by atoms with van der Waals surface area (Å²) in [5.74, 6) is 2.61. The molecule has 0 unspecified atom stereocenters. The number of ether oxygens (including phenoxy) is 3. The SMILES string of the molecule is c1cc2c(cc1-c1cnc3n1C[C@H](CNC1CCCC1)OC3)OCO2. The van der Waals surface area contributed by atoms with E-state index in [2.05, 4.69) is 20.9 Å². The highest BCUT2D eigenvalue weighted by Crippen LogP contribution is 2.36. The van der Waals surface area contributed by atoms with E-state index in [9.17, 15) is 0 Å². The van der Waals surface area contributed by atoms with Gasteiger partial charge in [0.25, 0.3) is 0 Å². The molecular weight excluding hydrogens is 318 g/mol. The highest BCUT2D eigenvalue weighted by molar-refractivity contribution is 5.64. The molecule has 3 heterocycles. The van der Waals surface area contributed by atoms with Gasteiger partial charge in [0.05, 0.1) is 24.5 Å². The predicted molar refractivity (Wildman–Crippen MR) is 92.6 cm³/mol. The second-order valence-electron chi connectivity index (χ2n) is 7.06. The molecule has 25 heavy (non-hydrogen) atoms. The van der Waals surface area contributed by atoms with Crippen LogP contribution < -0.4 is 14.8 Å². The number of benzene rings is 1. The number of nitrogens with zero attached hydrogens (tertiary/aromatic N) is 2. The summed E-state index contributed by atoms with van der Waals surface area (Å²) in [6, 6.07) is 6.74. The van der Waals surface area contributed by atoms with E-state index in [4.69, 9.17) is 14.2 Å². The maximum atomic E-state index is 6.00. The first kappa shape index (κ1) is 15.2. The van der Waals surface area contributed by atoms with Gasteiger partial charge in [-0.15, -0.1) is 0 Å². The van der Waals surface area contributed by atoms with Crippen LogP contribution in [0.15, 0.2) is 24.4 Å². The van der Waals surface area contributed by atoms with Crippen molar-refractivity contribution < 1.29 is 14.2 Å². The van der Waals surface area contributed by atoms with Crippen molar-refractivity contribution in [2.24, 2.45) is 0 Å². The molecule has 1 fully saturated rings. The van der Waals surface area contributed by atoms with Gasteiger partial charge >= 0.3 is 0 Å². The molecule has 1 N–H and O–H groups in total. The topological polar surface area (TPSA) is 57.5 Å². The number of hydrogen-bond acceptors (Lipinski definition) is 5. The Balaban J connectivity index is 1.34. The molecule has 3 aliphatic rings. The first-order valence-corrected chi connectivity index (χ1v) is 9.16. The van der Waals surface area contributed by atoms with Gasteiger partial charge < -0.3 is 24.1 Å². The molecule has 1 aliphatic carbocycles. The van der Waals surface area contributed by atoms with Crippen LogP contribution in [0.5, 0.6) is 11.5 Å². The van der Waals surface area contributed by atoms with E-state index >= 15 is 0 Å². The van der Waals surface area contributed by atoms with Crippen LogP contribution in [0.2, 0.25) is 0 Å². The van der Waals surface area contributed by atoms with Gasteiger partial charge in [-0.05, 0) is 31.0 Å². The summed E-state index contributed by atoms with van der Waals surface area (Å²) in [6.45, 7) is 2.61. The summed E-state index contributed by atoms with van der Waals surface area (Å²) in [7, 11) is 0. The Morgan fingerprint density at radius 1 is 1.16 bits per heavy atom. The molecule has 0 radical (unpaired) electrons. The van der Waals surface area contributed by atoms with Gasteiger partial charge in [0.2, 0.25) is 6.79 Å². The summed E-state index contributed by atoms with van der Waals surface area (Å²) < 4.78 is 19.2. The van der Waals surface area contributed by atoms with Crippen molar-refractivity contribution in [3.63, 3.8) is 0 Å². The number of hydrogen-bond donors (Lipinski definition) is 1. The Labute approximate surface area is 147 Å². The lowest BCUT2D eigenvalue weighted by atomic mass is 10.1. The average Bonchev–Trinajstić information content (AvgIpc) is 3.38. The summed E-state index contributed by atoms with van der Waals surface area (Å²) >= 11 is 0. The molecule has 2 aliphatic heterocycles. The molecule has 132 valence electrons. The van der Waals surface area contributed by atoms with Crippen molar-refractivity contribution in [1.29, 1.82) is 0 Å². The zero-order chi connectivity index (χ0) is 16.6. The van der Waals surface area contributed by atoms with E-state index in [-0.39, 0.29) is 6.10 Å². The Bertz CT molecular complexity index is 767. The van der Waals surface area contributed by atoms with Gasteiger partial charge in [0, 0.05) is 18.2 Å². The summed E-state index contributed by atoms with van der Waals surface area (Å²) in [5.41, 5.74) is 2.22. The number of nitrogens with one attached hydrogen (secondary N) is 1. The van der Waals surface area contributed by atoms with Crippen molar-refractivity contribution in [2.75, 3.05) is 13.3 Å². The van der Waals surface area contributed by atoms with Gasteiger partial charge in [0.15, 0.2) is 11.5 Å². The molecule has 0 amide bonds. The van der Waals surface area contributed by atoms with Gasteiger partial charge in [0.1, 0.15) is 12.4 Å². The molecule has 1 saturated carbocycles. The lowest BCUT2D eigenvalue weighted by Crippen LogP contribution is -2.39. The van der Waals surface area contributed by atoms with E-state index in [1.165, 1.54) is 25.7 Å². The molecule has 1 aromatic carbocycles. The van der Waals surface area contributed by atoms with E-state index in [0.29, 0.717) is 19.4 Å². The van der Waals surface area contributed by atoms with Crippen molar-refractivity contribution in [1.82, 2.24) is 14.9 Å². The highest BCUT2D eigenvalue weighted by Gasteiger charge is 2.25. The van der Waals surface area contributed by atoms with Crippen molar-refractivity contribution in [3.8, 4) is 22.8 Å². The quantitative estimate of drug-likeness (QED) is 0.927. The maximum absolute atomic E-state index is 6.00. The maximum Gasteiger partial charge on any atom is 0.231 e. The molecule has 1 aromatic heterocycles. The van der Waals surface area contributed by atoms with Crippen LogP contribution in [-0.2, 0) is 17.9 Å². The van der Waals surface area contributed by atoms with E-state index in [1.807, 2.05) is 18.3 Å². The molecule has 1 atom stereocenters. The van der Waals surface area contributed by atoms with Crippen LogP contribution in [0, 0.1) is 0 Å². The standard InChI is InChI=1S/C19H23N3O3/c1-2-4-14(3-1)20-8-15-10-22-16(9-21-19(22)11-23-15)13-5-6-17-18(7-13)25-12-24-17/h5-7,9,14-15,20H,1-4,8,10-12H2/t15-/m0/s1. The van der Waals surface area contributed by atoms with Crippen LogP contribution in [0.4, 0.5) is 0 Å². The second-order valence-corrected chi connectivity index (χ2v) is 7.06. The fourth-order valence-corrected chi connectivity index (χ4v) is 4.02. The normalized spacial score (nSPS) is 22.3. The van der Waals surface area contributed by atoms with Crippen molar-refractivity contribution in [3.05, 3.63) is 30.2 Å². The fraction of sp³-hybridized carbons (Fsp3) is 0.526. The van der Waals surface area contributed by atoms with Crippen molar-refractivity contribution >= 4 is 0 Å². The molecule has 0 spiro atoms. The van der Waals surface area contributed by atoms with E-state index in [0.717, 1.165) is 41.7 Å². The molecule has 0 saturated heterocycles. The van der Waals surface area contributed by atoms with Crippen LogP contribution in [0.3, 0.4) is 0 Å². The zero-order valence-electron chi connectivity index (χ0n) is 14.2. The first-order chi connectivity index (χ1) is 12.4. The van der Waals surface area contributed by atoms with E-state index < -0.39 is 0 Å². The Hall–Kier alpha value is -2.05. The largest absolute Gasteiger partial charge is 0.454 e. The second kappa shape index (κ2) is 6.35.